The highest BCUT2D eigenvalue weighted by Gasteiger charge is 2.23. The lowest BCUT2D eigenvalue weighted by Gasteiger charge is -2.26. The van der Waals surface area contributed by atoms with E-state index >= 15 is 0 Å². The van der Waals surface area contributed by atoms with Crippen LogP contribution in [0.3, 0.4) is 0 Å². The molecule has 0 saturated heterocycles. The molecule has 1 unspecified atom stereocenters. The number of hydrogen-bond donors (Lipinski definition) is 1. The van der Waals surface area contributed by atoms with Crippen LogP contribution in [-0.4, -0.2) is 24.5 Å². The minimum absolute atomic E-state index is 0.669. The van der Waals surface area contributed by atoms with Gasteiger partial charge in [0.1, 0.15) is 0 Å². The lowest BCUT2D eigenvalue weighted by atomic mass is 10.1. The Balaban J connectivity index is 2.05. The Morgan fingerprint density at radius 2 is 1.87 bits per heavy atom. The summed E-state index contributed by atoms with van der Waals surface area (Å²) < 4.78 is 0. The maximum atomic E-state index is 3.28. The van der Waals surface area contributed by atoms with E-state index in [0.717, 1.165) is 19.6 Å². The van der Waals surface area contributed by atoms with Crippen LogP contribution < -0.4 is 5.32 Å². The molecule has 2 rings (SSSR count). The van der Waals surface area contributed by atoms with Crippen molar-refractivity contribution in [1.82, 2.24) is 10.2 Å². The number of rotatable bonds is 4. The zero-order valence-corrected chi connectivity index (χ0v) is 9.66. The fourth-order valence-electron chi connectivity index (χ4n) is 2.38. The Kier molecular flexibility index (Phi) is 3.39. The summed E-state index contributed by atoms with van der Waals surface area (Å²) in [6.07, 6.45) is 1.22. The Hall–Kier alpha value is -0.860. The van der Waals surface area contributed by atoms with Gasteiger partial charge in [-0.05, 0) is 24.6 Å². The normalized spacial score (nSPS) is 17.7. The molecule has 1 N–H and O–H groups in total. The van der Waals surface area contributed by atoms with Crippen LogP contribution in [0.5, 0.6) is 0 Å². The van der Waals surface area contributed by atoms with E-state index in [1.807, 2.05) is 7.05 Å². The highest BCUT2D eigenvalue weighted by atomic mass is 15.2. The van der Waals surface area contributed by atoms with Gasteiger partial charge in [0.2, 0.25) is 0 Å². The van der Waals surface area contributed by atoms with Crippen LogP contribution in [-0.2, 0) is 13.1 Å². The van der Waals surface area contributed by atoms with E-state index in [0.29, 0.717) is 6.04 Å². The van der Waals surface area contributed by atoms with Crippen LogP contribution in [0, 0.1) is 0 Å². The van der Waals surface area contributed by atoms with Crippen molar-refractivity contribution in [2.75, 3.05) is 13.6 Å². The predicted octanol–water partition coefficient (Wildman–Crippen LogP) is 2.00. The SMILES string of the molecule is CCC(CNC)N1Cc2ccccc2C1. The summed E-state index contributed by atoms with van der Waals surface area (Å²) in [6.45, 7) is 5.60. The molecule has 15 heavy (non-hydrogen) atoms. The summed E-state index contributed by atoms with van der Waals surface area (Å²) in [5.41, 5.74) is 3.01. The van der Waals surface area contributed by atoms with Gasteiger partial charge in [-0.2, -0.15) is 0 Å². The second-order valence-electron chi connectivity index (χ2n) is 4.29. The van der Waals surface area contributed by atoms with Crippen LogP contribution in [0.25, 0.3) is 0 Å². The first-order valence-corrected chi connectivity index (χ1v) is 5.80. The fourth-order valence-corrected chi connectivity index (χ4v) is 2.38. The zero-order chi connectivity index (χ0) is 10.7. The van der Waals surface area contributed by atoms with E-state index in [2.05, 4.69) is 41.4 Å². The van der Waals surface area contributed by atoms with Crippen molar-refractivity contribution in [1.29, 1.82) is 0 Å². The Morgan fingerprint density at radius 3 is 2.33 bits per heavy atom. The molecular weight excluding hydrogens is 184 g/mol. The molecule has 0 aliphatic carbocycles. The molecule has 0 saturated carbocycles. The van der Waals surface area contributed by atoms with Crippen molar-refractivity contribution < 1.29 is 0 Å². The molecule has 0 aromatic heterocycles. The Morgan fingerprint density at radius 1 is 1.27 bits per heavy atom. The highest BCUT2D eigenvalue weighted by Crippen LogP contribution is 2.24. The second-order valence-corrected chi connectivity index (χ2v) is 4.29. The second kappa shape index (κ2) is 4.77. The molecule has 1 aromatic rings. The third kappa shape index (κ3) is 2.21. The molecule has 1 atom stereocenters. The van der Waals surface area contributed by atoms with Crippen molar-refractivity contribution in [3.63, 3.8) is 0 Å². The van der Waals surface area contributed by atoms with Gasteiger partial charge in [0.05, 0.1) is 0 Å². The monoisotopic (exact) mass is 204 g/mol. The first-order chi connectivity index (χ1) is 7.35. The number of fused-ring (bicyclic) bond motifs is 1. The average Bonchev–Trinajstić information content (AvgIpc) is 2.69. The summed E-state index contributed by atoms with van der Waals surface area (Å²) in [6, 6.07) is 9.45. The van der Waals surface area contributed by atoms with Gasteiger partial charge in [0.15, 0.2) is 0 Å². The number of likely N-dealkylation sites (N-methyl/N-ethyl adjacent to an activating group) is 1. The van der Waals surface area contributed by atoms with Crippen molar-refractivity contribution >= 4 is 0 Å². The number of nitrogens with zero attached hydrogens (tertiary/aromatic N) is 1. The van der Waals surface area contributed by atoms with Gasteiger partial charge in [-0.15, -0.1) is 0 Å². The van der Waals surface area contributed by atoms with E-state index in [-0.39, 0.29) is 0 Å². The Labute approximate surface area is 92.3 Å². The van der Waals surface area contributed by atoms with Crippen LogP contribution in [0.1, 0.15) is 24.5 Å². The van der Waals surface area contributed by atoms with E-state index in [9.17, 15) is 0 Å². The van der Waals surface area contributed by atoms with Crippen molar-refractivity contribution in [3.05, 3.63) is 35.4 Å². The molecule has 0 radical (unpaired) electrons. The maximum absolute atomic E-state index is 3.28. The topological polar surface area (TPSA) is 15.3 Å². The molecule has 2 nitrogen and oxygen atoms in total. The number of nitrogens with one attached hydrogen (secondary N) is 1. The molecule has 1 aromatic carbocycles. The fraction of sp³-hybridized carbons (Fsp3) is 0.538. The van der Waals surface area contributed by atoms with Crippen LogP contribution >= 0.6 is 0 Å². The van der Waals surface area contributed by atoms with Crippen LogP contribution in [0.15, 0.2) is 24.3 Å². The summed E-state index contributed by atoms with van der Waals surface area (Å²) in [5.74, 6) is 0. The molecule has 1 heterocycles. The minimum atomic E-state index is 0.669. The lowest BCUT2D eigenvalue weighted by Crippen LogP contribution is -2.37. The first-order valence-electron chi connectivity index (χ1n) is 5.80. The van der Waals surface area contributed by atoms with Gasteiger partial charge in [-0.1, -0.05) is 31.2 Å². The molecule has 0 bridgehead atoms. The summed E-state index contributed by atoms with van der Waals surface area (Å²) >= 11 is 0. The first kappa shape index (κ1) is 10.7. The zero-order valence-electron chi connectivity index (χ0n) is 9.66. The van der Waals surface area contributed by atoms with Gasteiger partial charge in [0, 0.05) is 25.7 Å². The quantitative estimate of drug-likeness (QED) is 0.807. The smallest absolute Gasteiger partial charge is 0.0244 e. The standard InChI is InChI=1S/C13H20N2/c1-3-13(8-14-2)15-9-11-6-4-5-7-12(11)10-15/h4-7,13-14H,3,8-10H2,1-2H3. The minimum Gasteiger partial charge on any atom is -0.318 e. The molecular formula is C13H20N2. The predicted molar refractivity (Wildman–Crippen MR) is 63.7 cm³/mol. The van der Waals surface area contributed by atoms with Crippen molar-refractivity contribution in [2.24, 2.45) is 0 Å². The lowest BCUT2D eigenvalue weighted by molar-refractivity contribution is 0.191. The van der Waals surface area contributed by atoms with Crippen LogP contribution in [0.4, 0.5) is 0 Å². The van der Waals surface area contributed by atoms with Gasteiger partial charge in [0.25, 0.3) is 0 Å². The Bertz CT molecular complexity index is 297. The third-order valence-corrected chi connectivity index (χ3v) is 3.29. The molecule has 82 valence electrons. The van der Waals surface area contributed by atoms with Crippen molar-refractivity contribution in [2.45, 2.75) is 32.5 Å². The summed E-state index contributed by atoms with van der Waals surface area (Å²) in [5, 5.41) is 3.28. The van der Waals surface area contributed by atoms with Crippen LogP contribution in [0.2, 0.25) is 0 Å². The van der Waals surface area contributed by atoms with E-state index < -0.39 is 0 Å². The molecule has 0 fully saturated rings. The number of hydrogen-bond acceptors (Lipinski definition) is 2. The molecule has 1 aliphatic heterocycles. The van der Waals surface area contributed by atoms with E-state index in [1.54, 1.807) is 0 Å². The summed E-state index contributed by atoms with van der Waals surface area (Å²) in [7, 11) is 2.03. The van der Waals surface area contributed by atoms with E-state index in [1.165, 1.54) is 17.5 Å². The third-order valence-electron chi connectivity index (χ3n) is 3.29. The highest BCUT2D eigenvalue weighted by molar-refractivity contribution is 5.30. The summed E-state index contributed by atoms with van der Waals surface area (Å²) in [4.78, 5) is 2.57. The van der Waals surface area contributed by atoms with Gasteiger partial charge in [-0.25, -0.2) is 0 Å². The van der Waals surface area contributed by atoms with Crippen molar-refractivity contribution in [3.8, 4) is 0 Å². The molecule has 0 spiro atoms. The van der Waals surface area contributed by atoms with Gasteiger partial charge < -0.3 is 5.32 Å². The maximum Gasteiger partial charge on any atom is 0.0244 e. The average molecular weight is 204 g/mol. The molecule has 1 aliphatic rings. The van der Waals surface area contributed by atoms with Gasteiger partial charge in [-0.3, -0.25) is 4.90 Å². The number of benzene rings is 1. The largest absolute Gasteiger partial charge is 0.318 e. The molecule has 2 heteroatoms. The molecule has 0 amide bonds. The van der Waals surface area contributed by atoms with E-state index in [4.69, 9.17) is 0 Å². The van der Waals surface area contributed by atoms with Gasteiger partial charge >= 0.3 is 0 Å².